The van der Waals surface area contributed by atoms with Gasteiger partial charge >= 0.3 is 0 Å². The highest BCUT2D eigenvalue weighted by Crippen LogP contribution is 2.12. The van der Waals surface area contributed by atoms with Crippen molar-refractivity contribution in [1.82, 2.24) is 9.97 Å². The average molecular weight is 246 g/mol. The van der Waals surface area contributed by atoms with Crippen LogP contribution >= 0.6 is 0 Å². The van der Waals surface area contributed by atoms with Gasteiger partial charge in [-0.05, 0) is 30.2 Å². The van der Waals surface area contributed by atoms with Gasteiger partial charge in [0.25, 0.3) is 0 Å². The molecule has 1 N–H and O–H groups in total. The highest BCUT2D eigenvalue weighted by molar-refractivity contribution is 5.97. The van der Waals surface area contributed by atoms with Crippen molar-refractivity contribution in [3.8, 4) is 0 Å². The Bertz CT molecular complexity index is 543. The molecule has 2 aromatic rings. The van der Waals surface area contributed by atoms with E-state index in [2.05, 4.69) is 23.8 Å². The lowest BCUT2D eigenvalue weighted by Crippen LogP contribution is -2.05. The number of ketones is 1. The van der Waals surface area contributed by atoms with Crippen LogP contribution in [-0.4, -0.2) is 15.8 Å². The van der Waals surface area contributed by atoms with Crippen molar-refractivity contribution < 1.29 is 9.18 Å². The van der Waals surface area contributed by atoms with Gasteiger partial charge in [0.1, 0.15) is 11.6 Å². The van der Waals surface area contributed by atoms with Gasteiger partial charge in [-0.15, -0.1) is 0 Å². The minimum atomic E-state index is -0.341. The Morgan fingerprint density at radius 1 is 1.33 bits per heavy atom. The SMILES string of the molecule is CC(C)c1cnc(CC(=O)c2ccc(F)cc2)[nH]1. The Morgan fingerprint density at radius 3 is 2.56 bits per heavy atom. The van der Waals surface area contributed by atoms with Crippen LogP contribution in [0.15, 0.2) is 30.5 Å². The molecule has 0 atom stereocenters. The van der Waals surface area contributed by atoms with E-state index >= 15 is 0 Å². The summed E-state index contributed by atoms with van der Waals surface area (Å²) in [5.41, 5.74) is 1.51. The van der Waals surface area contributed by atoms with E-state index in [9.17, 15) is 9.18 Å². The quantitative estimate of drug-likeness (QED) is 0.842. The first-order valence-electron chi connectivity index (χ1n) is 5.89. The van der Waals surface area contributed by atoms with Gasteiger partial charge in [0.2, 0.25) is 0 Å². The summed E-state index contributed by atoms with van der Waals surface area (Å²) in [6.45, 7) is 4.11. The summed E-state index contributed by atoms with van der Waals surface area (Å²) < 4.78 is 12.7. The fraction of sp³-hybridized carbons (Fsp3) is 0.286. The van der Waals surface area contributed by atoms with E-state index in [1.807, 2.05) is 0 Å². The first kappa shape index (κ1) is 12.5. The lowest BCUT2D eigenvalue weighted by Gasteiger charge is -2.00. The maximum absolute atomic E-state index is 12.7. The summed E-state index contributed by atoms with van der Waals surface area (Å²) >= 11 is 0. The van der Waals surface area contributed by atoms with Crippen molar-refractivity contribution in [3.05, 3.63) is 53.4 Å². The molecular weight excluding hydrogens is 231 g/mol. The van der Waals surface area contributed by atoms with Crippen LogP contribution in [0.25, 0.3) is 0 Å². The van der Waals surface area contributed by atoms with Crippen LogP contribution in [0, 0.1) is 5.82 Å². The molecule has 4 heteroatoms. The first-order valence-corrected chi connectivity index (χ1v) is 5.89. The van der Waals surface area contributed by atoms with E-state index in [1.165, 1.54) is 24.3 Å². The lowest BCUT2D eigenvalue weighted by molar-refractivity contribution is 0.0991. The molecule has 18 heavy (non-hydrogen) atoms. The number of imidazole rings is 1. The highest BCUT2D eigenvalue weighted by atomic mass is 19.1. The molecular formula is C14H15FN2O. The Labute approximate surface area is 105 Å². The summed E-state index contributed by atoms with van der Waals surface area (Å²) in [4.78, 5) is 19.2. The zero-order valence-corrected chi connectivity index (χ0v) is 10.4. The van der Waals surface area contributed by atoms with Crippen molar-refractivity contribution in [2.45, 2.75) is 26.2 Å². The molecule has 0 saturated heterocycles. The number of nitrogens with zero attached hydrogens (tertiary/aromatic N) is 1. The van der Waals surface area contributed by atoms with Crippen molar-refractivity contribution >= 4 is 5.78 Å². The molecule has 0 fully saturated rings. The molecule has 0 radical (unpaired) electrons. The van der Waals surface area contributed by atoms with Gasteiger partial charge in [0, 0.05) is 17.5 Å². The number of carbonyl (C=O) groups excluding carboxylic acids is 1. The van der Waals surface area contributed by atoms with E-state index in [4.69, 9.17) is 0 Å². The summed E-state index contributed by atoms with van der Waals surface area (Å²) in [7, 11) is 0. The van der Waals surface area contributed by atoms with Gasteiger partial charge < -0.3 is 4.98 Å². The summed E-state index contributed by atoms with van der Waals surface area (Å²) in [5, 5.41) is 0. The third kappa shape index (κ3) is 2.83. The molecule has 0 spiro atoms. The molecule has 0 aliphatic carbocycles. The number of halogens is 1. The van der Waals surface area contributed by atoms with Crippen molar-refractivity contribution in [2.75, 3.05) is 0 Å². The number of carbonyl (C=O) groups is 1. The highest BCUT2D eigenvalue weighted by Gasteiger charge is 2.10. The van der Waals surface area contributed by atoms with Gasteiger partial charge in [-0.1, -0.05) is 13.8 Å². The van der Waals surface area contributed by atoms with E-state index in [0.29, 0.717) is 17.3 Å². The topological polar surface area (TPSA) is 45.8 Å². The number of Topliss-reactive ketones (excluding diaryl/α,β-unsaturated/α-hetero) is 1. The normalized spacial score (nSPS) is 10.9. The van der Waals surface area contributed by atoms with E-state index in [-0.39, 0.29) is 18.0 Å². The fourth-order valence-electron chi connectivity index (χ4n) is 1.65. The molecule has 1 aromatic heterocycles. The van der Waals surface area contributed by atoms with Crippen LogP contribution in [0.2, 0.25) is 0 Å². The second-order valence-electron chi connectivity index (χ2n) is 4.55. The first-order chi connectivity index (χ1) is 8.56. The lowest BCUT2D eigenvalue weighted by atomic mass is 10.1. The van der Waals surface area contributed by atoms with Crippen LogP contribution in [0.4, 0.5) is 4.39 Å². The molecule has 1 heterocycles. The number of rotatable bonds is 4. The summed E-state index contributed by atoms with van der Waals surface area (Å²) in [5.74, 6) is 0.589. The molecule has 94 valence electrons. The maximum atomic E-state index is 12.7. The number of benzene rings is 1. The fourth-order valence-corrected chi connectivity index (χ4v) is 1.65. The number of aromatic amines is 1. The summed E-state index contributed by atoms with van der Waals surface area (Å²) in [6.07, 6.45) is 1.95. The average Bonchev–Trinajstić information content (AvgIpc) is 2.78. The molecule has 0 saturated carbocycles. The van der Waals surface area contributed by atoms with E-state index < -0.39 is 0 Å². The number of hydrogen-bond donors (Lipinski definition) is 1. The largest absolute Gasteiger partial charge is 0.345 e. The second-order valence-corrected chi connectivity index (χ2v) is 4.55. The molecule has 3 nitrogen and oxygen atoms in total. The van der Waals surface area contributed by atoms with Gasteiger partial charge in [0.05, 0.1) is 6.42 Å². The number of H-pyrrole nitrogens is 1. The third-order valence-electron chi connectivity index (χ3n) is 2.76. The number of hydrogen-bond acceptors (Lipinski definition) is 2. The minimum absolute atomic E-state index is 0.0698. The van der Waals surface area contributed by atoms with Gasteiger partial charge in [-0.25, -0.2) is 9.37 Å². The molecule has 2 rings (SSSR count). The van der Waals surface area contributed by atoms with Gasteiger partial charge in [0.15, 0.2) is 5.78 Å². The van der Waals surface area contributed by atoms with Crippen LogP contribution in [0.1, 0.15) is 41.6 Å². The van der Waals surface area contributed by atoms with Crippen LogP contribution < -0.4 is 0 Å². The van der Waals surface area contributed by atoms with Gasteiger partial charge in [-0.3, -0.25) is 4.79 Å². The van der Waals surface area contributed by atoms with Crippen molar-refractivity contribution in [1.29, 1.82) is 0 Å². The Hall–Kier alpha value is -1.97. The standard InChI is InChI=1S/C14H15FN2O/c1-9(2)12-8-16-14(17-12)7-13(18)10-3-5-11(15)6-4-10/h3-6,8-9H,7H2,1-2H3,(H,16,17). The monoisotopic (exact) mass is 246 g/mol. The zero-order chi connectivity index (χ0) is 13.1. The zero-order valence-electron chi connectivity index (χ0n) is 10.4. The van der Waals surface area contributed by atoms with Crippen molar-refractivity contribution in [2.24, 2.45) is 0 Å². The molecule has 1 aromatic carbocycles. The molecule has 0 amide bonds. The van der Waals surface area contributed by atoms with E-state index in [1.54, 1.807) is 6.20 Å². The van der Waals surface area contributed by atoms with Crippen LogP contribution in [-0.2, 0) is 6.42 Å². The number of aromatic nitrogens is 2. The minimum Gasteiger partial charge on any atom is -0.345 e. The Morgan fingerprint density at radius 2 is 2.00 bits per heavy atom. The number of nitrogens with one attached hydrogen (secondary N) is 1. The van der Waals surface area contributed by atoms with Gasteiger partial charge in [-0.2, -0.15) is 0 Å². The smallest absolute Gasteiger partial charge is 0.170 e. The predicted molar refractivity (Wildman–Crippen MR) is 67.1 cm³/mol. The molecule has 0 aliphatic rings. The second kappa shape index (κ2) is 5.12. The third-order valence-corrected chi connectivity index (χ3v) is 2.76. The molecule has 0 aliphatic heterocycles. The predicted octanol–water partition coefficient (Wildman–Crippen LogP) is 3.10. The summed E-state index contributed by atoms with van der Waals surface area (Å²) in [6, 6.07) is 5.55. The maximum Gasteiger partial charge on any atom is 0.170 e. The Kier molecular flexibility index (Phi) is 3.55. The van der Waals surface area contributed by atoms with E-state index in [0.717, 1.165) is 5.69 Å². The molecule has 0 unspecified atom stereocenters. The van der Waals surface area contributed by atoms with Crippen molar-refractivity contribution in [3.63, 3.8) is 0 Å². The molecule has 0 bridgehead atoms. The van der Waals surface area contributed by atoms with Crippen LogP contribution in [0.3, 0.4) is 0 Å². The Balaban J connectivity index is 2.08. The van der Waals surface area contributed by atoms with Crippen LogP contribution in [0.5, 0.6) is 0 Å².